The third-order valence-electron chi connectivity index (χ3n) is 6.38. The number of nitrogens with zero attached hydrogens (tertiary/aromatic N) is 3. The highest BCUT2D eigenvalue weighted by molar-refractivity contribution is 6.29. The predicted octanol–water partition coefficient (Wildman–Crippen LogP) is 4.97. The first-order valence-electron chi connectivity index (χ1n) is 10.7. The summed E-state index contributed by atoms with van der Waals surface area (Å²) >= 11 is 5.94. The SMILES string of the molecule is Cc1nc2c(cc(Cc3ccc(Cl)nc3)c3ccccc32)c(=O)n1[C@H]1CCCC[C@@H]1O. The Hall–Kier alpha value is -2.76. The van der Waals surface area contributed by atoms with Gasteiger partial charge >= 0.3 is 0 Å². The summed E-state index contributed by atoms with van der Waals surface area (Å²) in [5, 5.41) is 13.7. The van der Waals surface area contributed by atoms with E-state index >= 15 is 0 Å². The maximum Gasteiger partial charge on any atom is 0.261 e. The highest BCUT2D eigenvalue weighted by Gasteiger charge is 2.28. The lowest BCUT2D eigenvalue weighted by Gasteiger charge is -2.30. The predicted molar refractivity (Wildman–Crippen MR) is 124 cm³/mol. The average Bonchev–Trinajstić information content (AvgIpc) is 2.77. The average molecular weight is 434 g/mol. The zero-order valence-corrected chi connectivity index (χ0v) is 18.1. The molecule has 2 atom stereocenters. The van der Waals surface area contributed by atoms with E-state index in [1.165, 1.54) is 0 Å². The maximum atomic E-state index is 13.7. The number of rotatable bonds is 3. The normalized spacial score (nSPS) is 19.2. The topological polar surface area (TPSA) is 68.0 Å². The van der Waals surface area contributed by atoms with Crippen LogP contribution >= 0.6 is 11.6 Å². The number of hydrogen-bond acceptors (Lipinski definition) is 4. The lowest BCUT2D eigenvalue weighted by molar-refractivity contribution is 0.0724. The van der Waals surface area contributed by atoms with E-state index in [0.717, 1.165) is 53.1 Å². The minimum Gasteiger partial charge on any atom is -0.391 e. The van der Waals surface area contributed by atoms with Crippen LogP contribution in [0.4, 0.5) is 0 Å². The second kappa shape index (κ2) is 8.06. The molecule has 1 aliphatic rings. The standard InChI is InChI=1S/C25H24ClN3O2/c1-15-28-24-19-7-3-2-6-18(19)17(12-16-10-11-23(26)27-14-16)13-20(24)25(31)29(15)21-8-4-5-9-22(21)30/h2-3,6-7,10-11,13-14,21-22,30H,4-5,8-9,12H2,1H3/t21-,22-/m0/s1. The van der Waals surface area contributed by atoms with Gasteiger partial charge in [-0.25, -0.2) is 9.97 Å². The first-order valence-corrected chi connectivity index (χ1v) is 11.1. The number of benzene rings is 2. The van der Waals surface area contributed by atoms with Gasteiger partial charge in [0.15, 0.2) is 0 Å². The second-order valence-corrected chi connectivity index (χ2v) is 8.78. The molecular weight excluding hydrogens is 410 g/mol. The molecule has 158 valence electrons. The van der Waals surface area contributed by atoms with E-state index < -0.39 is 6.10 Å². The number of aryl methyl sites for hydroxylation is 1. The first-order chi connectivity index (χ1) is 15.0. The quantitative estimate of drug-likeness (QED) is 0.365. The summed E-state index contributed by atoms with van der Waals surface area (Å²) in [6, 6.07) is 13.6. The Labute approximate surface area is 185 Å². The molecule has 2 aromatic heterocycles. The van der Waals surface area contributed by atoms with Gasteiger partial charge in [0.05, 0.1) is 23.0 Å². The molecular formula is C25H24ClN3O2. The smallest absolute Gasteiger partial charge is 0.261 e. The maximum absolute atomic E-state index is 13.7. The zero-order valence-electron chi connectivity index (χ0n) is 17.4. The minimum absolute atomic E-state index is 0.0744. The number of pyridine rings is 1. The van der Waals surface area contributed by atoms with Crippen molar-refractivity contribution in [3.05, 3.63) is 81.1 Å². The summed E-state index contributed by atoms with van der Waals surface area (Å²) in [5.41, 5.74) is 2.72. The van der Waals surface area contributed by atoms with Gasteiger partial charge in [-0.15, -0.1) is 0 Å². The summed E-state index contributed by atoms with van der Waals surface area (Å²) < 4.78 is 1.72. The summed E-state index contributed by atoms with van der Waals surface area (Å²) in [5.74, 6) is 0.656. The Bertz CT molecular complexity index is 1330. The molecule has 1 N–H and O–H groups in total. The van der Waals surface area contributed by atoms with Gasteiger partial charge in [-0.1, -0.05) is 54.8 Å². The Balaban J connectivity index is 1.74. The lowest BCUT2D eigenvalue weighted by atomic mass is 9.92. The van der Waals surface area contributed by atoms with Crippen molar-refractivity contribution >= 4 is 33.3 Å². The summed E-state index contributed by atoms with van der Waals surface area (Å²) in [7, 11) is 0. The van der Waals surface area contributed by atoms with Gasteiger partial charge in [0.1, 0.15) is 11.0 Å². The summed E-state index contributed by atoms with van der Waals surface area (Å²) in [4.78, 5) is 22.7. The van der Waals surface area contributed by atoms with Crippen LogP contribution in [0, 0.1) is 6.92 Å². The number of hydrogen-bond donors (Lipinski definition) is 1. The molecule has 0 bridgehead atoms. The molecule has 0 aliphatic heterocycles. The Morgan fingerprint density at radius 3 is 2.61 bits per heavy atom. The van der Waals surface area contributed by atoms with E-state index in [0.29, 0.717) is 22.8 Å². The van der Waals surface area contributed by atoms with E-state index in [4.69, 9.17) is 16.6 Å². The van der Waals surface area contributed by atoms with Gasteiger partial charge in [-0.2, -0.15) is 0 Å². The molecule has 0 unspecified atom stereocenters. The Morgan fingerprint density at radius 2 is 1.87 bits per heavy atom. The monoisotopic (exact) mass is 433 g/mol. The van der Waals surface area contributed by atoms with E-state index in [2.05, 4.69) is 11.1 Å². The molecule has 0 spiro atoms. The van der Waals surface area contributed by atoms with Crippen molar-refractivity contribution in [3.8, 4) is 0 Å². The first kappa shape index (κ1) is 20.2. The van der Waals surface area contributed by atoms with Crippen LogP contribution in [-0.4, -0.2) is 25.7 Å². The van der Waals surface area contributed by atoms with Crippen LogP contribution in [0.3, 0.4) is 0 Å². The van der Waals surface area contributed by atoms with Crippen molar-refractivity contribution in [1.29, 1.82) is 0 Å². The van der Waals surface area contributed by atoms with Crippen molar-refractivity contribution in [2.24, 2.45) is 0 Å². The van der Waals surface area contributed by atoms with Crippen molar-refractivity contribution in [2.45, 2.75) is 51.2 Å². The number of aromatic nitrogens is 3. The van der Waals surface area contributed by atoms with Gasteiger partial charge in [0, 0.05) is 11.6 Å². The van der Waals surface area contributed by atoms with Crippen molar-refractivity contribution in [1.82, 2.24) is 14.5 Å². The fraction of sp³-hybridized carbons (Fsp3) is 0.320. The fourth-order valence-corrected chi connectivity index (χ4v) is 4.98. The molecule has 2 aromatic carbocycles. The molecule has 5 rings (SSSR count). The molecule has 0 radical (unpaired) electrons. The third-order valence-corrected chi connectivity index (χ3v) is 6.61. The number of halogens is 1. The van der Waals surface area contributed by atoms with Gasteiger partial charge in [-0.05, 0) is 54.8 Å². The van der Waals surface area contributed by atoms with Crippen LogP contribution in [0.5, 0.6) is 0 Å². The van der Waals surface area contributed by atoms with Crippen molar-refractivity contribution in [3.63, 3.8) is 0 Å². The number of aliphatic hydroxyl groups excluding tert-OH is 1. The highest BCUT2D eigenvalue weighted by atomic mass is 35.5. The van der Waals surface area contributed by atoms with E-state index in [-0.39, 0.29) is 11.6 Å². The van der Waals surface area contributed by atoms with Crippen LogP contribution < -0.4 is 5.56 Å². The molecule has 2 heterocycles. The summed E-state index contributed by atoms with van der Waals surface area (Å²) in [6.07, 6.45) is 5.43. The van der Waals surface area contributed by atoms with Crippen LogP contribution in [0.2, 0.25) is 5.15 Å². The van der Waals surface area contributed by atoms with Crippen LogP contribution in [0.25, 0.3) is 21.7 Å². The second-order valence-electron chi connectivity index (χ2n) is 8.40. The van der Waals surface area contributed by atoms with E-state index in [9.17, 15) is 9.90 Å². The highest BCUT2D eigenvalue weighted by Crippen LogP contribution is 2.31. The number of fused-ring (bicyclic) bond motifs is 3. The molecule has 6 heteroatoms. The molecule has 31 heavy (non-hydrogen) atoms. The largest absolute Gasteiger partial charge is 0.391 e. The van der Waals surface area contributed by atoms with E-state index in [1.54, 1.807) is 16.8 Å². The Morgan fingerprint density at radius 1 is 1.10 bits per heavy atom. The third kappa shape index (κ3) is 3.62. The van der Waals surface area contributed by atoms with Gasteiger partial charge in [0.2, 0.25) is 0 Å². The van der Waals surface area contributed by atoms with Crippen LogP contribution in [-0.2, 0) is 6.42 Å². The van der Waals surface area contributed by atoms with Crippen LogP contribution in [0.1, 0.15) is 48.7 Å². The van der Waals surface area contributed by atoms with Crippen molar-refractivity contribution in [2.75, 3.05) is 0 Å². The van der Waals surface area contributed by atoms with Gasteiger partial charge in [-0.3, -0.25) is 9.36 Å². The Kier molecular flexibility index (Phi) is 5.24. The molecule has 4 aromatic rings. The number of aliphatic hydroxyl groups is 1. The van der Waals surface area contributed by atoms with Gasteiger partial charge in [0.25, 0.3) is 5.56 Å². The molecule has 1 saturated carbocycles. The molecule has 5 nitrogen and oxygen atoms in total. The lowest BCUT2D eigenvalue weighted by Crippen LogP contribution is -2.36. The minimum atomic E-state index is -0.510. The molecule has 0 amide bonds. The molecule has 1 fully saturated rings. The summed E-state index contributed by atoms with van der Waals surface area (Å²) in [6.45, 7) is 1.87. The van der Waals surface area contributed by atoms with Crippen LogP contribution in [0.15, 0.2) is 53.5 Å². The van der Waals surface area contributed by atoms with Gasteiger partial charge < -0.3 is 5.11 Å². The molecule has 0 saturated heterocycles. The van der Waals surface area contributed by atoms with E-state index in [1.807, 2.05) is 37.3 Å². The molecule has 1 aliphatic carbocycles. The zero-order chi connectivity index (χ0) is 21.5. The van der Waals surface area contributed by atoms with Crippen molar-refractivity contribution < 1.29 is 5.11 Å². The fourth-order valence-electron chi connectivity index (χ4n) is 4.87.